The number of aromatic nitrogens is 4. The first-order valence-corrected chi connectivity index (χ1v) is 20.3. The molecule has 3 aromatic heterocycles. The summed E-state index contributed by atoms with van der Waals surface area (Å²) in [5.74, 6) is 0. The molecule has 0 saturated carbocycles. The first kappa shape index (κ1) is 32.4. The number of H-pyrrole nitrogens is 2. The molecule has 11 nitrogen and oxygen atoms in total. The average molecular weight is 730 g/mol. The van der Waals surface area contributed by atoms with Crippen molar-refractivity contribution in [1.82, 2.24) is 19.9 Å². The van der Waals surface area contributed by atoms with E-state index in [2.05, 4.69) is 44.2 Å². The van der Waals surface area contributed by atoms with Crippen LogP contribution in [0.15, 0.2) is 78.9 Å². The van der Waals surface area contributed by atoms with Gasteiger partial charge in [0.15, 0.2) is 0 Å². The third-order valence-electron chi connectivity index (χ3n) is 6.70. The van der Waals surface area contributed by atoms with Crippen LogP contribution in [0.3, 0.4) is 0 Å². The molecular weight excluding hydrogens is 699 g/mol. The van der Waals surface area contributed by atoms with Crippen molar-refractivity contribution >= 4 is 63.3 Å². The first-order valence-electron chi connectivity index (χ1n) is 13.0. The van der Waals surface area contributed by atoms with Gasteiger partial charge < -0.3 is 9.97 Å². The van der Waals surface area contributed by atoms with Gasteiger partial charge >= 0.3 is 119 Å². The summed E-state index contributed by atoms with van der Waals surface area (Å²) in [6.07, 6.45) is 8.09. The summed E-state index contributed by atoms with van der Waals surface area (Å²) < 4.78 is 48.5. The van der Waals surface area contributed by atoms with Gasteiger partial charge in [-0.15, -0.1) is 0 Å². The molecule has 4 aromatic rings. The van der Waals surface area contributed by atoms with Crippen molar-refractivity contribution in [2.45, 2.75) is 0 Å². The van der Waals surface area contributed by atoms with E-state index in [9.17, 15) is 0 Å². The zero-order valence-corrected chi connectivity index (χ0v) is 28.1. The van der Waals surface area contributed by atoms with Crippen molar-refractivity contribution < 1.29 is 43.3 Å². The van der Waals surface area contributed by atoms with Crippen molar-refractivity contribution in [3.8, 4) is 0 Å². The van der Waals surface area contributed by atoms with Crippen molar-refractivity contribution in [2.75, 3.05) is 28.4 Å². The van der Waals surface area contributed by atoms with Gasteiger partial charge in [0.05, 0.1) is 22.8 Å². The maximum absolute atomic E-state index is 8.54. The molecule has 223 valence electrons. The Labute approximate surface area is 255 Å². The molecule has 0 unspecified atom stereocenters. The molecule has 43 heavy (non-hydrogen) atoms. The summed E-state index contributed by atoms with van der Waals surface area (Å²) in [7, 11) is 6.20. The van der Waals surface area contributed by atoms with Gasteiger partial charge in [-0.2, -0.15) is 0 Å². The number of hydrogen-bond acceptors (Lipinski definition) is 9. The molecule has 2 aliphatic rings. The Kier molecular flexibility index (Phi) is 10.8. The van der Waals surface area contributed by atoms with E-state index in [0.717, 1.165) is 48.1 Å². The molecule has 0 atom stereocenters. The zero-order chi connectivity index (χ0) is 30.9. The SMILES string of the molecule is C1=Cc2cc3ccc(cc4nc(cc5ccc(cc1n2)[nH]5)C=C4)[nH]3.C[O][Zr]([O]C)([O]C)([O]C)[c]1ccccc1.O=[Se](=O)=O. The Hall–Kier alpha value is -3.54. The quantitative estimate of drug-likeness (QED) is 0.230. The molecule has 13 heteroatoms. The Bertz CT molecular complexity index is 1710. The summed E-state index contributed by atoms with van der Waals surface area (Å²) in [5.41, 5.74) is 7.86. The Balaban J connectivity index is 0.000000192. The van der Waals surface area contributed by atoms with E-state index >= 15 is 0 Å². The van der Waals surface area contributed by atoms with Crippen molar-refractivity contribution in [3.63, 3.8) is 0 Å². The predicted molar refractivity (Wildman–Crippen MR) is 161 cm³/mol. The maximum atomic E-state index is 8.54. The zero-order valence-electron chi connectivity index (χ0n) is 24.0. The van der Waals surface area contributed by atoms with E-state index in [1.54, 1.807) is 28.4 Å². The number of rotatable bonds is 5. The second-order valence-electron chi connectivity index (χ2n) is 9.20. The van der Waals surface area contributed by atoms with Crippen LogP contribution in [-0.2, 0) is 43.3 Å². The fraction of sp³-hybridized carbons (Fsp3) is 0.133. The third-order valence-corrected chi connectivity index (χ3v) is 16.8. The summed E-state index contributed by atoms with van der Waals surface area (Å²) in [5, 5.41) is 0. The number of nitrogens with one attached hydrogen (secondary N) is 2. The minimum atomic E-state index is -4.57. The molecule has 6 rings (SSSR count). The van der Waals surface area contributed by atoms with Crippen LogP contribution in [0.2, 0.25) is 0 Å². The second kappa shape index (κ2) is 14.3. The summed E-state index contributed by atoms with van der Waals surface area (Å²) >= 11 is -8.36. The van der Waals surface area contributed by atoms with E-state index in [0.29, 0.717) is 0 Å². The van der Waals surface area contributed by atoms with Crippen LogP contribution in [0.1, 0.15) is 22.8 Å². The Morgan fingerprint density at radius 3 is 1.12 bits per heavy atom. The number of hydrogen-bond donors (Lipinski definition) is 2. The average Bonchev–Trinajstić information content (AvgIpc) is 3.83. The monoisotopic (exact) mass is 729 g/mol. The summed E-state index contributed by atoms with van der Waals surface area (Å²) in [6.45, 7) is 0. The van der Waals surface area contributed by atoms with Crippen LogP contribution in [0.25, 0.3) is 46.4 Å². The van der Waals surface area contributed by atoms with E-state index in [4.69, 9.17) is 22.8 Å². The van der Waals surface area contributed by atoms with Crippen LogP contribution in [-0.4, -0.2) is 62.1 Å². The third kappa shape index (κ3) is 7.90. The molecule has 0 fully saturated rings. The molecule has 0 amide bonds. The van der Waals surface area contributed by atoms with Crippen molar-refractivity contribution in [2.24, 2.45) is 0 Å². The van der Waals surface area contributed by atoms with Crippen LogP contribution >= 0.6 is 0 Å². The van der Waals surface area contributed by atoms with E-state index in [1.807, 2.05) is 78.9 Å². The molecule has 1 aromatic carbocycles. The molecule has 0 spiro atoms. The molecule has 8 bridgehead atoms. The van der Waals surface area contributed by atoms with Crippen LogP contribution < -0.4 is 3.27 Å². The molecule has 0 aliphatic carbocycles. The van der Waals surface area contributed by atoms with Crippen LogP contribution in [0, 0.1) is 0 Å². The fourth-order valence-electron chi connectivity index (χ4n) is 4.63. The Morgan fingerprint density at radius 2 is 0.837 bits per heavy atom. The Morgan fingerprint density at radius 1 is 0.535 bits per heavy atom. The van der Waals surface area contributed by atoms with E-state index in [-0.39, 0.29) is 0 Å². The van der Waals surface area contributed by atoms with Gasteiger partial charge in [0.25, 0.3) is 0 Å². The number of benzene rings is 1. The topological polar surface area (TPSA) is 145 Å². The predicted octanol–water partition coefficient (Wildman–Crippen LogP) is 5.17. The molecule has 5 heterocycles. The first-order chi connectivity index (χ1) is 20.7. The van der Waals surface area contributed by atoms with E-state index < -0.39 is 34.2 Å². The normalized spacial score (nSPS) is 12.7. The van der Waals surface area contributed by atoms with Gasteiger partial charge in [0.2, 0.25) is 0 Å². The van der Waals surface area contributed by atoms with Gasteiger partial charge in [0.1, 0.15) is 0 Å². The van der Waals surface area contributed by atoms with Crippen LogP contribution in [0.5, 0.6) is 0 Å². The van der Waals surface area contributed by atoms with Gasteiger partial charge in [0, 0.05) is 22.1 Å². The second-order valence-corrected chi connectivity index (χ2v) is 20.0. The van der Waals surface area contributed by atoms with E-state index in [1.165, 1.54) is 0 Å². The van der Waals surface area contributed by atoms with Gasteiger partial charge in [-0.3, -0.25) is 0 Å². The molecule has 2 aliphatic heterocycles. The number of nitrogens with zero attached hydrogens (tertiary/aromatic N) is 2. The number of aromatic amines is 2. The van der Waals surface area contributed by atoms with Gasteiger partial charge in [-0.05, 0) is 72.8 Å². The molecule has 0 radical (unpaired) electrons. The van der Waals surface area contributed by atoms with Gasteiger partial charge in [-0.25, -0.2) is 9.97 Å². The molecular formula is C30H31N4O7SeZr. The summed E-state index contributed by atoms with van der Waals surface area (Å²) in [6, 6.07) is 25.9. The molecule has 0 saturated heterocycles. The standard InChI is InChI=1S/C20H14N4.C6H5.4CH3O.O3Se.Zr/c1-2-14-10-16-5-6-18(23-16)12-20-8-7-19(24-20)11-17-4-3-15(22-17)9-13(1)21-14;1-2-4-6-5-3-1;4*1-2;1-4(2)3;/h1-12,21,24H;1-5H;4*1H3;;/q;;4*-1;;+4. The minimum absolute atomic E-state index is 0.842. The fourth-order valence-corrected chi connectivity index (χ4v) is 11.2. The summed E-state index contributed by atoms with van der Waals surface area (Å²) in [4.78, 5) is 16.0. The van der Waals surface area contributed by atoms with Gasteiger partial charge in [-0.1, -0.05) is 0 Å². The number of fused-ring (bicyclic) bond motifs is 8. The molecule has 2 N–H and O–H groups in total. The van der Waals surface area contributed by atoms with Crippen molar-refractivity contribution in [3.05, 3.63) is 102 Å². The van der Waals surface area contributed by atoms with Crippen molar-refractivity contribution in [1.29, 1.82) is 0 Å². The van der Waals surface area contributed by atoms with Crippen LogP contribution in [0.4, 0.5) is 0 Å².